The Bertz CT molecular complexity index is 607. The van der Waals surface area contributed by atoms with Crippen molar-refractivity contribution >= 4 is 29.5 Å². The van der Waals surface area contributed by atoms with E-state index in [1.807, 2.05) is 0 Å². The number of nitrogens with one attached hydrogen (secondary N) is 1. The predicted octanol–water partition coefficient (Wildman–Crippen LogP) is 4.31. The number of nitrogens with zero attached hydrogens (tertiary/aromatic N) is 3. The third-order valence-corrected chi connectivity index (χ3v) is 5.56. The molecule has 1 N–H and O–H groups in total. The molecule has 108 valence electrons. The molecule has 1 atom stereocenters. The summed E-state index contributed by atoms with van der Waals surface area (Å²) < 4.78 is 2.96. The molecule has 0 saturated heterocycles. The molecule has 0 amide bonds. The quantitative estimate of drug-likeness (QED) is 0.855. The Morgan fingerprint density at radius 2 is 2.25 bits per heavy atom. The molecule has 1 saturated carbocycles. The number of aromatic nitrogens is 3. The first-order valence-corrected chi connectivity index (χ1v) is 8.40. The van der Waals surface area contributed by atoms with Gasteiger partial charge in [0, 0.05) is 18.0 Å². The van der Waals surface area contributed by atoms with Gasteiger partial charge in [0.2, 0.25) is 5.95 Å². The Kier molecular flexibility index (Phi) is 3.94. The lowest BCUT2D eigenvalue weighted by Gasteiger charge is -2.27. The van der Waals surface area contributed by atoms with Crippen molar-refractivity contribution in [1.82, 2.24) is 14.8 Å². The van der Waals surface area contributed by atoms with Gasteiger partial charge in [0.15, 0.2) is 4.77 Å². The summed E-state index contributed by atoms with van der Waals surface area (Å²) in [6, 6.07) is 5.08. The molecule has 2 aromatic rings. The monoisotopic (exact) mass is 308 g/mol. The number of rotatable bonds is 4. The first kappa shape index (κ1) is 13.8. The molecular weight excluding hydrogens is 288 g/mol. The van der Waals surface area contributed by atoms with Crippen molar-refractivity contribution < 1.29 is 0 Å². The van der Waals surface area contributed by atoms with Crippen LogP contribution in [0.15, 0.2) is 17.5 Å². The molecule has 2 heterocycles. The van der Waals surface area contributed by atoms with Crippen LogP contribution in [0.25, 0.3) is 0 Å². The molecule has 20 heavy (non-hydrogen) atoms. The van der Waals surface area contributed by atoms with Crippen LogP contribution >= 0.6 is 23.6 Å². The van der Waals surface area contributed by atoms with Crippen LogP contribution in [0.1, 0.15) is 49.6 Å². The molecule has 0 spiro atoms. The van der Waals surface area contributed by atoms with Gasteiger partial charge in [-0.25, -0.2) is 5.10 Å². The first-order valence-electron chi connectivity index (χ1n) is 7.11. The number of H-pyrrole nitrogens is 1. The van der Waals surface area contributed by atoms with Crippen LogP contribution in [0.3, 0.4) is 0 Å². The van der Waals surface area contributed by atoms with Gasteiger partial charge < -0.3 is 4.90 Å². The molecule has 4 nitrogen and oxygen atoms in total. The maximum absolute atomic E-state index is 5.44. The van der Waals surface area contributed by atoms with E-state index < -0.39 is 0 Å². The summed E-state index contributed by atoms with van der Waals surface area (Å²) in [4.78, 5) is 3.57. The van der Waals surface area contributed by atoms with Crippen molar-refractivity contribution in [1.29, 1.82) is 0 Å². The fourth-order valence-corrected chi connectivity index (χ4v) is 4.03. The SMILES string of the molecule is CC(c1cccs1)N(C)c1n[nH]c(=S)n1C1CCCC1. The zero-order valence-corrected chi connectivity index (χ0v) is 13.5. The Hall–Kier alpha value is -1.14. The molecule has 3 rings (SSSR count). The van der Waals surface area contributed by atoms with E-state index in [4.69, 9.17) is 12.2 Å². The highest BCUT2D eigenvalue weighted by atomic mass is 32.1. The fourth-order valence-electron chi connectivity index (χ4n) is 2.93. The van der Waals surface area contributed by atoms with Crippen molar-refractivity contribution in [3.8, 4) is 0 Å². The second kappa shape index (κ2) is 5.69. The number of anilines is 1. The van der Waals surface area contributed by atoms with Crippen molar-refractivity contribution in [2.45, 2.75) is 44.7 Å². The number of hydrogen-bond acceptors (Lipinski definition) is 4. The summed E-state index contributed by atoms with van der Waals surface area (Å²) in [6.45, 7) is 2.21. The van der Waals surface area contributed by atoms with Crippen molar-refractivity contribution in [2.75, 3.05) is 11.9 Å². The molecule has 1 unspecified atom stereocenters. The van der Waals surface area contributed by atoms with Gasteiger partial charge in [-0.3, -0.25) is 4.57 Å². The number of aromatic amines is 1. The van der Waals surface area contributed by atoms with Crippen molar-refractivity contribution in [2.24, 2.45) is 0 Å². The fraction of sp³-hybridized carbons (Fsp3) is 0.571. The molecule has 2 aromatic heterocycles. The average Bonchev–Trinajstić information content (AvgIpc) is 3.17. The second-order valence-electron chi connectivity index (χ2n) is 5.44. The van der Waals surface area contributed by atoms with E-state index in [-0.39, 0.29) is 0 Å². The van der Waals surface area contributed by atoms with Crippen LogP contribution in [0, 0.1) is 4.77 Å². The molecule has 1 aliphatic carbocycles. The van der Waals surface area contributed by atoms with Gasteiger partial charge in [-0.05, 0) is 43.4 Å². The Morgan fingerprint density at radius 3 is 2.90 bits per heavy atom. The average molecular weight is 308 g/mol. The van der Waals surface area contributed by atoms with E-state index in [1.54, 1.807) is 11.3 Å². The first-order chi connectivity index (χ1) is 9.68. The van der Waals surface area contributed by atoms with Crippen LogP contribution in [0.4, 0.5) is 5.95 Å². The molecule has 0 bridgehead atoms. The zero-order chi connectivity index (χ0) is 14.1. The lowest BCUT2D eigenvalue weighted by molar-refractivity contribution is 0.504. The molecule has 1 aliphatic rings. The molecule has 0 aromatic carbocycles. The van der Waals surface area contributed by atoms with Gasteiger partial charge in [0.1, 0.15) is 0 Å². The minimum absolute atomic E-state index is 0.306. The minimum atomic E-state index is 0.306. The van der Waals surface area contributed by atoms with Crippen LogP contribution < -0.4 is 4.90 Å². The third kappa shape index (κ3) is 2.42. The predicted molar refractivity (Wildman–Crippen MR) is 86.1 cm³/mol. The number of thiophene rings is 1. The molecule has 0 aliphatic heterocycles. The maximum atomic E-state index is 5.44. The molecule has 6 heteroatoms. The highest BCUT2D eigenvalue weighted by molar-refractivity contribution is 7.71. The van der Waals surface area contributed by atoms with Crippen molar-refractivity contribution in [3.05, 3.63) is 27.2 Å². The topological polar surface area (TPSA) is 36.9 Å². The van der Waals surface area contributed by atoms with E-state index >= 15 is 0 Å². The smallest absolute Gasteiger partial charge is 0.226 e. The largest absolute Gasteiger partial charge is 0.336 e. The second-order valence-corrected chi connectivity index (χ2v) is 6.81. The maximum Gasteiger partial charge on any atom is 0.226 e. The summed E-state index contributed by atoms with van der Waals surface area (Å²) in [5.41, 5.74) is 0. The summed E-state index contributed by atoms with van der Waals surface area (Å²) in [5, 5.41) is 9.56. The summed E-state index contributed by atoms with van der Waals surface area (Å²) in [7, 11) is 2.10. The van der Waals surface area contributed by atoms with Gasteiger partial charge in [-0.15, -0.1) is 16.4 Å². The Balaban J connectivity index is 1.92. The van der Waals surface area contributed by atoms with Crippen LogP contribution in [-0.4, -0.2) is 21.8 Å². The van der Waals surface area contributed by atoms with Gasteiger partial charge in [-0.2, -0.15) is 0 Å². The minimum Gasteiger partial charge on any atom is -0.336 e. The lowest BCUT2D eigenvalue weighted by atomic mass is 10.2. The van der Waals surface area contributed by atoms with Crippen molar-refractivity contribution in [3.63, 3.8) is 0 Å². The molecule has 0 radical (unpaired) electrons. The molecule has 1 fully saturated rings. The molecular formula is C14H20N4S2. The number of hydrogen-bond donors (Lipinski definition) is 1. The van der Waals surface area contributed by atoms with E-state index in [9.17, 15) is 0 Å². The van der Waals surface area contributed by atoms with Gasteiger partial charge in [0.05, 0.1) is 6.04 Å². The van der Waals surface area contributed by atoms with E-state index in [1.165, 1.54) is 30.6 Å². The normalized spacial score (nSPS) is 17.5. The van der Waals surface area contributed by atoms with E-state index in [2.05, 4.69) is 51.1 Å². The Labute approximate surface area is 128 Å². The summed E-state index contributed by atoms with van der Waals surface area (Å²) in [5.74, 6) is 0.961. The zero-order valence-electron chi connectivity index (χ0n) is 11.9. The standard InChI is InChI=1S/C14H20N4S2/c1-10(12-8-5-9-20-12)17(2)13-15-16-14(19)18(13)11-6-3-4-7-11/h5,8-11H,3-4,6-7H2,1-2H3,(H,16,19). The lowest BCUT2D eigenvalue weighted by Crippen LogP contribution is -2.25. The van der Waals surface area contributed by atoms with Crippen LogP contribution in [0.2, 0.25) is 0 Å². The van der Waals surface area contributed by atoms with Gasteiger partial charge in [-0.1, -0.05) is 18.9 Å². The summed E-state index contributed by atoms with van der Waals surface area (Å²) in [6.07, 6.45) is 5.01. The van der Waals surface area contributed by atoms with Crippen LogP contribution in [-0.2, 0) is 0 Å². The Morgan fingerprint density at radius 1 is 1.50 bits per heavy atom. The highest BCUT2D eigenvalue weighted by Crippen LogP contribution is 2.34. The van der Waals surface area contributed by atoms with Gasteiger partial charge >= 0.3 is 0 Å². The van der Waals surface area contributed by atoms with E-state index in [0.717, 1.165) is 10.7 Å². The highest BCUT2D eigenvalue weighted by Gasteiger charge is 2.25. The van der Waals surface area contributed by atoms with Gasteiger partial charge in [0.25, 0.3) is 0 Å². The third-order valence-electron chi connectivity index (χ3n) is 4.23. The van der Waals surface area contributed by atoms with Crippen LogP contribution in [0.5, 0.6) is 0 Å². The summed E-state index contributed by atoms with van der Waals surface area (Å²) >= 11 is 7.22. The van der Waals surface area contributed by atoms with E-state index in [0.29, 0.717) is 12.1 Å².